The van der Waals surface area contributed by atoms with E-state index in [2.05, 4.69) is 22.9 Å². The van der Waals surface area contributed by atoms with Crippen LogP contribution in [0.2, 0.25) is 0 Å². The number of para-hydroxylation sites is 1. The topological polar surface area (TPSA) is 96.0 Å². The van der Waals surface area contributed by atoms with Crippen molar-refractivity contribution >= 4 is 40.1 Å². The smallest absolute Gasteiger partial charge is 0.239 e. The Labute approximate surface area is 198 Å². The molecule has 8 nitrogen and oxygen atoms in total. The SMILES string of the molecule is CC1(COc2ccc3c(c2)N=C[N+]3([O-])c2ccc3cccc(N4CCC(N)CC4)c3n2)COC1. The van der Waals surface area contributed by atoms with Gasteiger partial charge < -0.3 is 25.3 Å². The summed E-state index contributed by atoms with van der Waals surface area (Å²) in [5.41, 5.74) is 9.19. The summed E-state index contributed by atoms with van der Waals surface area (Å²) in [5.74, 6) is 1.10. The third-order valence-electron chi connectivity index (χ3n) is 7.06. The Morgan fingerprint density at radius 1 is 1.18 bits per heavy atom. The summed E-state index contributed by atoms with van der Waals surface area (Å²) in [7, 11) is 0. The van der Waals surface area contributed by atoms with Crippen LogP contribution >= 0.6 is 0 Å². The number of rotatable bonds is 5. The number of hydrogen-bond donors (Lipinski definition) is 1. The molecule has 3 aromatic rings. The van der Waals surface area contributed by atoms with E-state index < -0.39 is 4.65 Å². The van der Waals surface area contributed by atoms with Crippen molar-refractivity contribution in [1.29, 1.82) is 0 Å². The molecule has 2 fully saturated rings. The van der Waals surface area contributed by atoms with Crippen LogP contribution in [0.5, 0.6) is 5.75 Å². The van der Waals surface area contributed by atoms with Crippen LogP contribution in [0.1, 0.15) is 19.8 Å². The zero-order valence-corrected chi connectivity index (χ0v) is 19.3. The van der Waals surface area contributed by atoms with Gasteiger partial charge in [-0.15, -0.1) is 0 Å². The standard InChI is InChI=1S/C26H29N5O3/c1-26(14-33-15-26)16-34-20-6-7-23-21(13-20)28-17-31(23,32)24-8-5-18-3-2-4-22(25(18)29-24)30-11-9-19(27)10-12-30/h2-8,13,17,19H,9-12,14-16,27H2,1H3. The van der Waals surface area contributed by atoms with Crippen molar-refractivity contribution in [1.82, 2.24) is 9.63 Å². The lowest BCUT2D eigenvalue weighted by Crippen LogP contribution is -2.44. The molecular formula is C26H29N5O3. The van der Waals surface area contributed by atoms with Crippen LogP contribution in [0.25, 0.3) is 10.9 Å². The zero-order chi connectivity index (χ0) is 23.3. The molecule has 1 unspecified atom stereocenters. The summed E-state index contributed by atoms with van der Waals surface area (Å²) in [6, 6.07) is 15.6. The molecule has 0 saturated carbocycles. The van der Waals surface area contributed by atoms with Crippen molar-refractivity contribution < 1.29 is 9.47 Å². The van der Waals surface area contributed by atoms with Gasteiger partial charge in [0.2, 0.25) is 12.2 Å². The van der Waals surface area contributed by atoms with E-state index in [1.807, 2.05) is 30.3 Å². The maximum atomic E-state index is 14.0. The van der Waals surface area contributed by atoms with Crippen LogP contribution in [0.15, 0.2) is 53.5 Å². The van der Waals surface area contributed by atoms with Gasteiger partial charge in [0.25, 0.3) is 0 Å². The average molecular weight is 460 g/mol. The monoisotopic (exact) mass is 459 g/mol. The second-order valence-electron chi connectivity index (χ2n) is 9.99. The van der Waals surface area contributed by atoms with Gasteiger partial charge in [-0.3, -0.25) is 0 Å². The molecule has 2 saturated heterocycles. The first-order valence-corrected chi connectivity index (χ1v) is 11.8. The molecule has 0 amide bonds. The highest BCUT2D eigenvalue weighted by Gasteiger charge is 2.35. The number of ether oxygens (including phenoxy) is 2. The van der Waals surface area contributed by atoms with E-state index >= 15 is 0 Å². The van der Waals surface area contributed by atoms with Crippen LogP contribution in [0.4, 0.5) is 22.9 Å². The molecule has 4 heterocycles. The molecule has 1 aromatic heterocycles. The van der Waals surface area contributed by atoms with E-state index in [-0.39, 0.29) is 11.5 Å². The number of quaternary nitrogens is 1. The van der Waals surface area contributed by atoms with Crippen molar-refractivity contribution in [3.05, 3.63) is 53.7 Å². The highest BCUT2D eigenvalue weighted by molar-refractivity contribution is 5.98. The molecule has 2 aromatic carbocycles. The number of fused-ring (bicyclic) bond motifs is 2. The minimum absolute atomic E-state index is 0.0484. The minimum Gasteiger partial charge on any atom is -0.614 e. The third kappa shape index (κ3) is 3.63. The lowest BCUT2D eigenvalue weighted by Gasteiger charge is -2.37. The number of nitrogens with two attached hydrogens (primary N) is 1. The van der Waals surface area contributed by atoms with Gasteiger partial charge in [0, 0.05) is 48.1 Å². The van der Waals surface area contributed by atoms with Crippen LogP contribution < -0.4 is 20.0 Å². The van der Waals surface area contributed by atoms with Crippen LogP contribution in [-0.2, 0) is 4.74 Å². The van der Waals surface area contributed by atoms with Crippen LogP contribution in [-0.4, -0.2) is 50.3 Å². The Balaban J connectivity index is 1.31. The molecule has 8 heteroatoms. The summed E-state index contributed by atoms with van der Waals surface area (Å²) >= 11 is 0. The lowest BCUT2D eigenvalue weighted by molar-refractivity contribution is -0.120. The van der Waals surface area contributed by atoms with Gasteiger partial charge in [-0.1, -0.05) is 19.1 Å². The largest absolute Gasteiger partial charge is 0.614 e. The Kier molecular flexibility index (Phi) is 5.07. The molecule has 0 radical (unpaired) electrons. The summed E-state index contributed by atoms with van der Waals surface area (Å²) in [6.45, 7) is 5.90. The molecule has 0 bridgehead atoms. The average Bonchev–Trinajstić information content (AvgIpc) is 3.18. The number of aromatic nitrogens is 1. The maximum absolute atomic E-state index is 14.0. The number of piperidine rings is 1. The minimum atomic E-state index is -0.823. The quantitative estimate of drug-likeness (QED) is 0.449. The normalized spacial score (nSPS) is 23.7. The highest BCUT2D eigenvalue weighted by Crippen LogP contribution is 2.45. The number of hydroxylamine groups is 1. The number of benzene rings is 2. The Bertz CT molecular complexity index is 1270. The molecular weight excluding hydrogens is 430 g/mol. The highest BCUT2D eigenvalue weighted by atomic mass is 16.5. The third-order valence-corrected chi connectivity index (χ3v) is 7.06. The van der Waals surface area contributed by atoms with Gasteiger partial charge >= 0.3 is 0 Å². The fraction of sp³-hybridized carbons (Fsp3) is 0.385. The van der Waals surface area contributed by atoms with Gasteiger partial charge in [-0.25, -0.2) is 4.65 Å². The molecule has 34 heavy (non-hydrogen) atoms. The number of pyridine rings is 1. The fourth-order valence-corrected chi connectivity index (χ4v) is 4.86. The van der Waals surface area contributed by atoms with E-state index in [0.29, 0.717) is 42.8 Å². The van der Waals surface area contributed by atoms with E-state index in [9.17, 15) is 5.21 Å². The molecule has 2 N–H and O–H groups in total. The summed E-state index contributed by atoms with van der Waals surface area (Å²) in [5, 5.41) is 15.0. The summed E-state index contributed by atoms with van der Waals surface area (Å²) in [4.78, 5) is 11.6. The Hall–Kier alpha value is -3.04. The van der Waals surface area contributed by atoms with E-state index in [4.69, 9.17) is 20.2 Å². The molecule has 3 aliphatic rings. The van der Waals surface area contributed by atoms with Crippen molar-refractivity contribution in [2.45, 2.75) is 25.8 Å². The van der Waals surface area contributed by atoms with Crippen LogP contribution in [0, 0.1) is 10.6 Å². The predicted octanol–water partition coefficient (Wildman–Crippen LogP) is 4.39. The van der Waals surface area contributed by atoms with Crippen molar-refractivity contribution in [3.8, 4) is 5.75 Å². The maximum Gasteiger partial charge on any atom is 0.239 e. The summed E-state index contributed by atoms with van der Waals surface area (Å²) < 4.78 is 10.4. The molecule has 6 rings (SSSR count). The van der Waals surface area contributed by atoms with Gasteiger partial charge in [0.1, 0.15) is 11.4 Å². The van der Waals surface area contributed by atoms with Gasteiger partial charge in [0.15, 0.2) is 5.69 Å². The number of aliphatic imine (C=N–C) groups is 1. The van der Waals surface area contributed by atoms with E-state index in [0.717, 1.165) is 42.5 Å². The second kappa shape index (κ2) is 8.02. The molecule has 0 spiro atoms. The lowest BCUT2D eigenvalue weighted by atomic mass is 9.90. The first kappa shape index (κ1) is 21.5. The molecule has 1 atom stereocenters. The number of hydrogen-bond acceptors (Lipinski definition) is 7. The Morgan fingerprint density at radius 3 is 2.76 bits per heavy atom. The molecule has 176 valence electrons. The van der Waals surface area contributed by atoms with Gasteiger partial charge in [0.05, 0.1) is 31.0 Å². The van der Waals surface area contributed by atoms with Crippen LogP contribution in [0.3, 0.4) is 0 Å². The molecule has 0 aliphatic carbocycles. The first-order chi connectivity index (χ1) is 16.4. The van der Waals surface area contributed by atoms with Gasteiger partial charge in [-0.05, 0) is 31.0 Å². The first-order valence-electron chi connectivity index (χ1n) is 11.8. The van der Waals surface area contributed by atoms with Gasteiger partial charge in [-0.2, -0.15) is 9.98 Å². The zero-order valence-electron chi connectivity index (χ0n) is 19.3. The van der Waals surface area contributed by atoms with Crippen molar-refractivity contribution in [2.75, 3.05) is 37.8 Å². The molecule has 3 aliphatic heterocycles. The van der Waals surface area contributed by atoms with E-state index in [1.165, 1.54) is 6.34 Å². The number of nitrogens with zero attached hydrogens (tertiary/aromatic N) is 4. The number of anilines is 1. The van der Waals surface area contributed by atoms with Crippen molar-refractivity contribution in [2.24, 2.45) is 16.1 Å². The van der Waals surface area contributed by atoms with E-state index in [1.54, 1.807) is 12.1 Å². The summed E-state index contributed by atoms with van der Waals surface area (Å²) in [6.07, 6.45) is 3.31. The fourth-order valence-electron chi connectivity index (χ4n) is 4.86. The predicted molar refractivity (Wildman–Crippen MR) is 135 cm³/mol. The Morgan fingerprint density at radius 2 is 2.00 bits per heavy atom. The van der Waals surface area contributed by atoms with Crippen molar-refractivity contribution in [3.63, 3.8) is 0 Å². The second-order valence-corrected chi connectivity index (χ2v) is 9.99.